The van der Waals surface area contributed by atoms with Crippen molar-refractivity contribution in [3.63, 3.8) is 0 Å². The fourth-order valence-corrected chi connectivity index (χ4v) is 2.59. The zero-order valence-corrected chi connectivity index (χ0v) is 11.9. The lowest BCUT2D eigenvalue weighted by atomic mass is 9.93. The van der Waals surface area contributed by atoms with Crippen LogP contribution in [0.15, 0.2) is 0 Å². The first-order valence-corrected chi connectivity index (χ1v) is 6.71. The van der Waals surface area contributed by atoms with E-state index in [0.29, 0.717) is 12.6 Å². The molecule has 2 N–H and O–H groups in total. The van der Waals surface area contributed by atoms with Gasteiger partial charge in [0.1, 0.15) is 0 Å². The zero-order valence-electron chi connectivity index (χ0n) is 11.9. The second-order valence-corrected chi connectivity index (χ2v) is 5.43. The molecule has 0 aromatic carbocycles. The van der Waals surface area contributed by atoms with Gasteiger partial charge in [-0.05, 0) is 26.8 Å². The van der Waals surface area contributed by atoms with Crippen molar-refractivity contribution >= 4 is 0 Å². The molecule has 0 aromatic heterocycles. The summed E-state index contributed by atoms with van der Waals surface area (Å²) < 4.78 is 5.21. The van der Waals surface area contributed by atoms with Crippen LogP contribution in [0.4, 0.5) is 0 Å². The number of piperazine rings is 1. The molecule has 0 aromatic rings. The number of methoxy groups -OCH3 is 1. The second kappa shape index (κ2) is 6.69. The van der Waals surface area contributed by atoms with E-state index in [1.165, 1.54) is 6.42 Å². The van der Waals surface area contributed by atoms with E-state index in [9.17, 15) is 0 Å². The minimum absolute atomic E-state index is 0.0880. The predicted octanol–water partition coefficient (Wildman–Crippen LogP) is 0.766. The van der Waals surface area contributed by atoms with Crippen LogP contribution >= 0.6 is 0 Å². The molecular formula is C13H29N3O. The first kappa shape index (κ1) is 14.9. The molecular weight excluding hydrogens is 214 g/mol. The van der Waals surface area contributed by atoms with Gasteiger partial charge in [0.05, 0.1) is 0 Å². The standard InChI is InChI=1S/C13H29N3O/c1-5-12-10-16(8-7-15(12)3)13(2,11-14)6-9-17-4/h12H,5-11,14H2,1-4H3. The Hall–Kier alpha value is -0.160. The number of likely N-dealkylation sites (N-methyl/N-ethyl adjacent to an activating group) is 1. The van der Waals surface area contributed by atoms with Gasteiger partial charge in [-0.25, -0.2) is 0 Å². The maximum atomic E-state index is 5.99. The van der Waals surface area contributed by atoms with Gasteiger partial charge in [-0.3, -0.25) is 4.90 Å². The van der Waals surface area contributed by atoms with Crippen LogP contribution in [0.3, 0.4) is 0 Å². The Labute approximate surface area is 106 Å². The van der Waals surface area contributed by atoms with Crippen LogP contribution in [0, 0.1) is 0 Å². The van der Waals surface area contributed by atoms with Crippen LogP contribution < -0.4 is 5.73 Å². The Morgan fingerprint density at radius 3 is 2.65 bits per heavy atom. The maximum absolute atomic E-state index is 5.99. The molecule has 4 nitrogen and oxygen atoms in total. The Kier molecular flexibility index (Phi) is 5.86. The van der Waals surface area contributed by atoms with Crippen LogP contribution in [0.25, 0.3) is 0 Å². The molecule has 102 valence electrons. The molecule has 2 unspecified atom stereocenters. The highest BCUT2D eigenvalue weighted by Crippen LogP contribution is 2.23. The predicted molar refractivity (Wildman–Crippen MR) is 72.2 cm³/mol. The van der Waals surface area contributed by atoms with E-state index >= 15 is 0 Å². The first-order valence-electron chi connectivity index (χ1n) is 6.71. The van der Waals surface area contributed by atoms with Gasteiger partial charge in [-0.2, -0.15) is 0 Å². The lowest BCUT2D eigenvalue weighted by Crippen LogP contribution is -2.61. The van der Waals surface area contributed by atoms with E-state index in [0.717, 1.165) is 32.7 Å². The molecule has 1 fully saturated rings. The maximum Gasteiger partial charge on any atom is 0.0480 e. The minimum atomic E-state index is 0.0880. The van der Waals surface area contributed by atoms with E-state index in [1.807, 2.05) is 0 Å². The van der Waals surface area contributed by atoms with Crippen molar-refractivity contribution in [1.29, 1.82) is 0 Å². The number of hydrogen-bond acceptors (Lipinski definition) is 4. The van der Waals surface area contributed by atoms with Gasteiger partial charge in [-0.1, -0.05) is 6.92 Å². The number of nitrogens with two attached hydrogens (primary N) is 1. The number of rotatable bonds is 6. The van der Waals surface area contributed by atoms with Gasteiger partial charge in [0.2, 0.25) is 0 Å². The van der Waals surface area contributed by atoms with Crippen molar-refractivity contribution in [1.82, 2.24) is 9.80 Å². The summed E-state index contributed by atoms with van der Waals surface area (Å²) in [5.74, 6) is 0. The Balaban J connectivity index is 2.62. The average Bonchev–Trinajstić information content (AvgIpc) is 2.36. The van der Waals surface area contributed by atoms with Crippen molar-refractivity contribution in [3.05, 3.63) is 0 Å². The molecule has 2 atom stereocenters. The third-order valence-electron chi connectivity index (χ3n) is 4.30. The number of hydrogen-bond donors (Lipinski definition) is 1. The smallest absolute Gasteiger partial charge is 0.0480 e. The highest BCUT2D eigenvalue weighted by Gasteiger charge is 2.34. The SMILES string of the molecule is CCC1CN(C(C)(CN)CCOC)CCN1C. The Bertz CT molecular complexity index is 225. The van der Waals surface area contributed by atoms with Crippen molar-refractivity contribution in [2.45, 2.75) is 38.3 Å². The summed E-state index contributed by atoms with van der Waals surface area (Å²) in [5.41, 5.74) is 6.08. The molecule has 1 saturated heterocycles. The Morgan fingerprint density at radius 1 is 1.41 bits per heavy atom. The third kappa shape index (κ3) is 3.65. The lowest BCUT2D eigenvalue weighted by Gasteiger charge is -2.48. The van der Waals surface area contributed by atoms with Crippen LogP contribution in [0.5, 0.6) is 0 Å². The third-order valence-corrected chi connectivity index (χ3v) is 4.30. The molecule has 4 heteroatoms. The van der Waals surface area contributed by atoms with Gasteiger partial charge < -0.3 is 15.4 Å². The molecule has 1 rings (SSSR count). The van der Waals surface area contributed by atoms with Crippen molar-refractivity contribution in [3.8, 4) is 0 Å². The van der Waals surface area contributed by atoms with Crippen molar-refractivity contribution < 1.29 is 4.74 Å². The molecule has 0 spiro atoms. The van der Waals surface area contributed by atoms with Crippen molar-refractivity contribution in [2.24, 2.45) is 5.73 Å². The highest BCUT2D eigenvalue weighted by molar-refractivity contribution is 4.92. The first-order chi connectivity index (χ1) is 8.07. The van der Waals surface area contributed by atoms with E-state index in [1.54, 1.807) is 7.11 Å². The van der Waals surface area contributed by atoms with E-state index < -0.39 is 0 Å². The molecule has 17 heavy (non-hydrogen) atoms. The molecule has 1 aliphatic heterocycles. The van der Waals surface area contributed by atoms with Gasteiger partial charge in [-0.15, -0.1) is 0 Å². The monoisotopic (exact) mass is 243 g/mol. The van der Waals surface area contributed by atoms with E-state index in [2.05, 4.69) is 30.7 Å². The molecule has 0 amide bonds. The summed E-state index contributed by atoms with van der Waals surface area (Å²) >= 11 is 0. The van der Waals surface area contributed by atoms with Crippen LogP contribution in [0.2, 0.25) is 0 Å². The largest absolute Gasteiger partial charge is 0.385 e. The Morgan fingerprint density at radius 2 is 2.12 bits per heavy atom. The quantitative estimate of drug-likeness (QED) is 0.748. The van der Waals surface area contributed by atoms with E-state index in [4.69, 9.17) is 10.5 Å². The lowest BCUT2D eigenvalue weighted by molar-refractivity contribution is 0.00507. The molecule has 0 radical (unpaired) electrons. The molecule has 0 bridgehead atoms. The normalized spacial score (nSPS) is 27.0. The fourth-order valence-electron chi connectivity index (χ4n) is 2.59. The highest BCUT2D eigenvalue weighted by atomic mass is 16.5. The zero-order chi connectivity index (χ0) is 12.9. The van der Waals surface area contributed by atoms with Gasteiger partial charge in [0.15, 0.2) is 0 Å². The summed E-state index contributed by atoms with van der Waals surface area (Å²) in [4.78, 5) is 5.02. The van der Waals surface area contributed by atoms with Crippen molar-refractivity contribution in [2.75, 3.05) is 46.9 Å². The summed E-state index contributed by atoms with van der Waals surface area (Å²) in [6.45, 7) is 9.41. The van der Waals surface area contributed by atoms with Crippen LogP contribution in [0.1, 0.15) is 26.7 Å². The number of ether oxygens (including phenoxy) is 1. The van der Waals surface area contributed by atoms with Gasteiger partial charge in [0.25, 0.3) is 0 Å². The topological polar surface area (TPSA) is 41.7 Å². The summed E-state index contributed by atoms with van der Waals surface area (Å²) in [5, 5.41) is 0. The molecule has 1 aliphatic rings. The summed E-state index contributed by atoms with van der Waals surface area (Å²) in [6, 6.07) is 0.664. The minimum Gasteiger partial charge on any atom is -0.385 e. The summed E-state index contributed by atoms with van der Waals surface area (Å²) in [7, 11) is 3.98. The van der Waals surface area contributed by atoms with Crippen LogP contribution in [-0.2, 0) is 4.74 Å². The summed E-state index contributed by atoms with van der Waals surface area (Å²) in [6.07, 6.45) is 2.22. The molecule has 0 aliphatic carbocycles. The van der Waals surface area contributed by atoms with Crippen LogP contribution in [-0.4, -0.2) is 68.3 Å². The van der Waals surface area contributed by atoms with E-state index in [-0.39, 0.29) is 5.54 Å². The van der Waals surface area contributed by atoms with Gasteiger partial charge in [0, 0.05) is 51.5 Å². The second-order valence-electron chi connectivity index (χ2n) is 5.43. The molecule has 1 heterocycles. The van der Waals surface area contributed by atoms with Gasteiger partial charge >= 0.3 is 0 Å². The fraction of sp³-hybridized carbons (Fsp3) is 1.00. The average molecular weight is 243 g/mol. The number of nitrogens with zero attached hydrogens (tertiary/aromatic N) is 2. The molecule has 0 saturated carbocycles.